The van der Waals surface area contributed by atoms with Crippen LogP contribution in [-0.2, 0) is 0 Å². The van der Waals surface area contributed by atoms with Crippen molar-refractivity contribution in [3.8, 4) is 0 Å². The Kier molecular flexibility index (Phi) is 1.84. The maximum atomic E-state index is 13.6. The number of imidazole rings is 2. The van der Waals surface area contributed by atoms with Gasteiger partial charge in [0.2, 0.25) is 0 Å². The molecule has 100 valence electrons. The predicted octanol–water partition coefficient (Wildman–Crippen LogP) is 3.43. The number of fused-ring (bicyclic) bond motifs is 8. The minimum absolute atomic E-state index is 0.292. The van der Waals surface area contributed by atoms with Gasteiger partial charge in [0.15, 0.2) is 5.65 Å². The highest BCUT2D eigenvalue weighted by atomic mass is 19.1. The molecule has 5 heteroatoms. The van der Waals surface area contributed by atoms with Crippen LogP contribution in [0, 0.1) is 5.82 Å². The minimum atomic E-state index is -0.292. The van der Waals surface area contributed by atoms with E-state index in [1.165, 1.54) is 12.3 Å². The van der Waals surface area contributed by atoms with Gasteiger partial charge in [-0.05, 0) is 18.2 Å². The second-order valence-electron chi connectivity index (χ2n) is 5.02. The van der Waals surface area contributed by atoms with Gasteiger partial charge in [0.25, 0.3) is 0 Å². The standard InChI is InChI=1S/C16H9FN4/c17-10-5-6-13-19-14-11-3-1-2-4-12(11)20-8-7-18-16(20)15(14)21(13)9-10/h1-9H. The van der Waals surface area contributed by atoms with Crippen molar-refractivity contribution in [1.29, 1.82) is 0 Å². The van der Waals surface area contributed by atoms with Gasteiger partial charge in [0.05, 0.1) is 5.52 Å². The third kappa shape index (κ3) is 1.27. The third-order valence-corrected chi connectivity index (χ3v) is 3.85. The largest absolute Gasteiger partial charge is 0.298 e. The van der Waals surface area contributed by atoms with E-state index in [1.54, 1.807) is 16.7 Å². The van der Waals surface area contributed by atoms with Crippen LogP contribution in [0.5, 0.6) is 0 Å². The van der Waals surface area contributed by atoms with Gasteiger partial charge >= 0.3 is 0 Å². The number of hydrogen-bond acceptors (Lipinski definition) is 2. The quantitative estimate of drug-likeness (QED) is 0.434. The number of rotatable bonds is 0. The molecule has 4 heterocycles. The molecule has 0 fully saturated rings. The molecule has 0 saturated carbocycles. The SMILES string of the molecule is Fc1ccc2nc3c4ccccc4n4ccnc4c3n2c1. The molecule has 1 aromatic carbocycles. The second kappa shape index (κ2) is 3.58. The van der Waals surface area contributed by atoms with Gasteiger partial charge < -0.3 is 0 Å². The molecule has 21 heavy (non-hydrogen) atoms. The molecule has 0 aliphatic heterocycles. The highest BCUT2D eigenvalue weighted by Crippen LogP contribution is 2.29. The average molecular weight is 276 g/mol. The lowest BCUT2D eigenvalue weighted by Crippen LogP contribution is -1.92. The van der Waals surface area contributed by atoms with Crippen LogP contribution >= 0.6 is 0 Å². The summed E-state index contributed by atoms with van der Waals surface area (Å²) < 4.78 is 17.4. The van der Waals surface area contributed by atoms with E-state index in [0.717, 1.165) is 27.6 Å². The fourth-order valence-corrected chi connectivity index (χ4v) is 2.98. The lowest BCUT2D eigenvalue weighted by Gasteiger charge is -2.04. The number of benzene rings is 1. The summed E-state index contributed by atoms with van der Waals surface area (Å²) in [6.07, 6.45) is 5.11. The van der Waals surface area contributed by atoms with Crippen LogP contribution in [0.2, 0.25) is 0 Å². The average Bonchev–Trinajstić information content (AvgIpc) is 3.11. The molecule has 4 aromatic heterocycles. The Balaban J connectivity index is 2.22. The van der Waals surface area contributed by atoms with Gasteiger partial charge in [0, 0.05) is 24.0 Å². The molecule has 0 N–H and O–H groups in total. The monoisotopic (exact) mass is 276 g/mol. The molecule has 0 aliphatic rings. The highest BCUT2D eigenvalue weighted by Gasteiger charge is 2.14. The Hall–Kier alpha value is -2.95. The molecular formula is C16H9FN4. The molecule has 0 spiro atoms. The Labute approximate surface area is 118 Å². The fraction of sp³-hybridized carbons (Fsp3) is 0. The van der Waals surface area contributed by atoms with Crippen LogP contribution < -0.4 is 0 Å². The Bertz CT molecular complexity index is 1150. The lowest BCUT2D eigenvalue weighted by molar-refractivity contribution is 0.620. The van der Waals surface area contributed by atoms with Gasteiger partial charge in [-0.3, -0.25) is 8.80 Å². The number of nitrogens with zero attached hydrogens (tertiary/aromatic N) is 4. The van der Waals surface area contributed by atoms with Gasteiger partial charge in [-0.15, -0.1) is 0 Å². The summed E-state index contributed by atoms with van der Waals surface area (Å²) in [6, 6.07) is 11.1. The summed E-state index contributed by atoms with van der Waals surface area (Å²) in [5.41, 5.74) is 4.21. The summed E-state index contributed by atoms with van der Waals surface area (Å²) in [4.78, 5) is 9.09. The third-order valence-electron chi connectivity index (χ3n) is 3.85. The van der Waals surface area contributed by atoms with Gasteiger partial charge in [-0.1, -0.05) is 18.2 Å². The molecule has 5 aromatic rings. The lowest BCUT2D eigenvalue weighted by atomic mass is 10.2. The van der Waals surface area contributed by atoms with Crippen molar-refractivity contribution < 1.29 is 4.39 Å². The second-order valence-corrected chi connectivity index (χ2v) is 5.02. The van der Waals surface area contributed by atoms with Crippen LogP contribution in [0.4, 0.5) is 4.39 Å². The number of pyridine rings is 2. The zero-order valence-electron chi connectivity index (χ0n) is 10.9. The fourth-order valence-electron chi connectivity index (χ4n) is 2.98. The summed E-state index contributed by atoms with van der Waals surface area (Å²) in [7, 11) is 0. The molecular weight excluding hydrogens is 267 g/mol. The number of halogens is 1. The number of aromatic nitrogens is 4. The van der Waals surface area contributed by atoms with E-state index in [-0.39, 0.29) is 5.82 Å². The van der Waals surface area contributed by atoms with Crippen molar-refractivity contribution in [3.63, 3.8) is 0 Å². The maximum absolute atomic E-state index is 13.6. The van der Waals surface area contributed by atoms with E-state index < -0.39 is 0 Å². The zero-order chi connectivity index (χ0) is 14.0. The Morgan fingerprint density at radius 3 is 2.86 bits per heavy atom. The van der Waals surface area contributed by atoms with E-state index >= 15 is 0 Å². The van der Waals surface area contributed by atoms with Crippen molar-refractivity contribution in [3.05, 3.63) is 60.8 Å². The maximum Gasteiger partial charge on any atom is 0.163 e. The summed E-state index contributed by atoms with van der Waals surface area (Å²) in [6.45, 7) is 0. The first-order valence-electron chi connectivity index (χ1n) is 6.64. The minimum Gasteiger partial charge on any atom is -0.298 e. The van der Waals surface area contributed by atoms with Crippen LogP contribution in [0.25, 0.3) is 33.2 Å². The van der Waals surface area contributed by atoms with Gasteiger partial charge in [-0.25, -0.2) is 14.4 Å². The number of para-hydroxylation sites is 1. The van der Waals surface area contributed by atoms with E-state index in [2.05, 4.69) is 9.97 Å². The van der Waals surface area contributed by atoms with Crippen molar-refractivity contribution in [2.24, 2.45) is 0 Å². The molecule has 0 radical (unpaired) electrons. The van der Waals surface area contributed by atoms with Crippen LogP contribution in [0.1, 0.15) is 0 Å². The summed E-state index contributed by atoms with van der Waals surface area (Å²) in [5.74, 6) is -0.292. The van der Waals surface area contributed by atoms with Gasteiger partial charge in [0.1, 0.15) is 22.5 Å². The summed E-state index contributed by atoms with van der Waals surface area (Å²) >= 11 is 0. The first kappa shape index (κ1) is 10.8. The summed E-state index contributed by atoms with van der Waals surface area (Å²) in [5, 5.41) is 1.03. The molecule has 0 unspecified atom stereocenters. The van der Waals surface area contributed by atoms with Crippen LogP contribution in [0.15, 0.2) is 55.0 Å². The Morgan fingerprint density at radius 2 is 1.90 bits per heavy atom. The molecule has 0 saturated heterocycles. The van der Waals surface area contributed by atoms with E-state index in [4.69, 9.17) is 0 Å². The topological polar surface area (TPSA) is 34.6 Å². The van der Waals surface area contributed by atoms with Crippen molar-refractivity contribution in [2.45, 2.75) is 0 Å². The molecule has 0 bridgehead atoms. The van der Waals surface area contributed by atoms with Crippen molar-refractivity contribution in [2.75, 3.05) is 0 Å². The molecule has 4 nitrogen and oxygen atoms in total. The van der Waals surface area contributed by atoms with Gasteiger partial charge in [-0.2, -0.15) is 0 Å². The highest BCUT2D eigenvalue weighted by molar-refractivity contribution is 6.09. The first-order valence-corrected chi connectivity index (χ1v) is 6.64. The predicted molar refractivity (Wildman–Crippen MR) is 78.9 cm³/mol. The van der Waals surface area contributed by atoms with Crippen LogP contribution in [0.3, 0.4) is 0 Å². The number of hydrogen-bond donors (Lipinski definition) is 0. The van der Waals surface area contributed by atoms with Crippen LogP contribution in [-0.4, -0.2) is 18.8 Å². The smallest absolute Gasteiger partial charge is 0.163 e. The van der Waals surface area contributed by atoms with Crippen molar-refractivity contribution in [1.82, 2.24) is 18.8 Å². The normalized spacial score (nSPS) is 12.0. The molecule has 0 amide bonds. The van der Waals surface area contributed by atoms with E-state index in [0.29, 0.717) is 5.65 Å². The van der Waals surface area contributed by atoms with E-state index in [1.807, 2.05) is 34.9 Å². The van der Waals surface area contributed by atoms with E-state index in [9.17, 15) is 4.39 Å². The molecule has 0 aliphatic carbocycles. The molecule has 0 atom stereocenters. The first-order chi connectivity index (χ1) is 10.3. The Morgan fingerprint density at radius 1 is 1.00 bits per heavy atom. The van der Waals surface area contributed by atoms with Crippen molar-refractivity contribution >= 4 is 33.2 Å². The zero-order valence-corrected chi connectivity index (χ0v) is 10.9. The molecule has 5 rings (SSSR count).